The quantitative estimate of drug-likeness (QED) is 0.249. The number of hydrogen-bond acceptors (Lipinski definition) is 0. The van der Waals surface area contributed by atoms with E-state index in [4.69, 9.17) is 0 Å². The third-order valence-corrected chi connectivity index (χ3v) is 4.87. The molecular formula is C19H42N+. The van der Waals surface area contributed by atoms with Crippen molar-refractivity contribution in [2.45, 2.75) is 97.8 Å². The van der Waals surface area contributed by atoms with E-state index in [2.05, 4.69) is 27.8 Å². The predicted octanol–water partition coefficient (Wildman–Crippen LogP) is 6.17. The van der Waals surface area contributed by atoms with Crippen molar-refractivity contribution < 1.29 is 4.48 Å². The van der Waals surface area contributed by atoms with Gasteiger partial charge in [0.2, 0.25) is 0 Å². The summed E-state index contributed by atoms with van der Waals surface area (Å²) in [7, 11) is 2.47. The Morgan fingerprint density at radius 2 is 0.850 bits per heavy atom. The van der Waals surface area contributed by atoms with E-state index in [0.29, 0.717) is 0 Å². The second-order valence-corrected chi connectivity index (χ2v) is 6.92. The molecule has 0 spiro atoms. The van der Waals surface area contributed by atoms with Crippen molar-refractivity contribution >= 4 is 0 Å². The zero-order valence-corrected chi connectivity index (χ0v) is 15.1. The van der Waals surface area contributed by atoms with E-state index >= 15 is 0 Å². The van der Waals surface area contributed by atoms with Crippen LogP contribution in [0.4, 0.5) is 0 Å². The van der Waals surface area contributed by atoms with Gasteiger partial charge in [0.25, 0.3) is 0 Å². The summed E-state index contributed by atoms with van der Waals surface area (Å²) in [5.74, 6) is 0. The summed E-state index contributed by atoms with van der Waals surface area (Å²) in [5.41, 5.74) is 0. The zero-order valence-electron chi connectivity index (χ0n) is 15.1. The van der Waals surface area contributed by atoms with Crippen LogP contribution in [0.5, 0.6) is 0 Å². The topological polar surface area (TPSA) is 0 Å². The van der Waals surface area contributed by atoms with Crippen molar-refractivity contribution in [2.24, 2.45) is 0 Å². The minimum atomic E-state index is 1.31. The summed E-state index contributed by atoms with van der Waals surface area (Å²) in [4.78, 5) is 0. The number of unbranched alkanes of at least 4 members (excludes halogenated alkanes) is 10. The third-order valence-electron chi connectivity index (χ3n) is 4.87. The first-order chi connectivity index (χ1) is 9.68. The molecule has 0 aromatic carbocycles. The maximum Gasteiger partial charge on any atom is 0.0784 e. The molecule has 1 heteroatoms. The number of hydrogen-bond donors (Lipinski definition) is 0. The highest BCUT2D eigenvalue weighted by Gasteiger charge is 2.17. The fourth-order valence-electron chi connectivity index (χ4n) is 2.98. The van der Waals surface area contributed by atoms with E-state index in [1.165, 1.54) is 101 Å². The molecular weight excluding hydrogens is 242 g/mol. The Morgan fingerprint density at radius 3 is 1.20 bits per heavy atom. The van der Waals surface area contributed by atoms with Gasteiger partial charge in [0.1, 0.15) is 0 Å². The molecule has 0 aliphatic rings. The smallest absolute Gasteiger partial charge is 0.0784 e. The number of rotatable bonds is 15. The van der Waals surface area contributed by atoms with Gasteiger partial charge in [-0.05, 0) is 32.6 Å². The van der Waals surface area contributed by atoms with Crippen molar-refractivity contribution in [2.75, 3.05) is 26.7 Å². The van der Waals surface area contributed by atoms with Crippen molar-refractivity contribution in [1.82, 2.24) is 0 Å². The highest BCUT2D eigenvalue weighted by atomic mass is 15.3. The summed E-state index contributed by atoms with van der Waals surface area (Å²) in [6.45, 7) is 11.1. The fraction of sp³-hybridized carbons (Fsp3) is 1.00. The van der Waals surface area contributed by atoms with Crippen LogP contribution in [0, 0.1) is 0 Å². The normalized spacial score (nSPS) is 12.0. The van der Waals surface area contributed by atoms with Gasteiger partial charge in [-0.15, -0.1) is 0 Å². The van der Waals surface area contributed by atoms with Gasteiger partial charge in [0, 0.05) is 0 Å². The fourth-order valence-corrected chi connectivity index (χ4v) is 2.98. The van der Waals surface area contributed by atoms with E-state index in [1.54, 1.807) is 0 Å². The maximum atomic E-state index is 2.47. The molecule has 0 N–H and O–H groups in total. The Hall–Kier alpha value is -0.0400. The summed E-state index contributed by atoms with van der Waals surface area (Å²) in [5, 5.41) is 0. The number of nitrogens with zero attached hydrogens (tertiary/aromatic N) is 1. The van der Waals surface area contributed by atoms with Crippen LogP contribution < -0.4 is 0 Å². The number of quaternary nitrogens is 1. The minimum Gasteiger partial charge on any atom is -0.326 e. The molecule has 0 fully saturated rings. The molecule has 20 heavy (non-hydrogen) atoms. The first-order valence-corrected chi connectivity index (χ1v) is 9.52. The largest absolute Gasteiger partial charge is 0.326 e. The second-order valence-electron chi connectivity index (χ2n) is 6.92. The highest BCUT2D eigenvalue weighted by molar-refractivity contribution is 4.48. The van der Waals surface area contributed by atoms with E-state index in [9.17, 15) is 0 Å². The first-order valence-electron chi connectivity index (χ1n) is 9.52. The maximum absolute atomic E-state index is 2.47. The van der Waals surface area contributed by atoms with Crippen LogP contribution in [0.15, 0.2) is 0 Å². The van der Waals surface area contributed by atoms with E-state index in [0.717, 1.165) is 0 Å². The van der Waals surface area contributed by atoms with E-state index in [-0.39, 0.29) is 0 Å². The van der Waals surface area contributed by atoms with Crippen LogP contribution in [-0.2, 0) is 0 Å². The Bertz CT molecular complexity index is 172. The molecule has 0 saturated heterocycles. The molecule has 0 radical (unpaired) electrons. The van der Waals surface area contributed by atoms with Gasteiger partial charge in [-0.25, -0.2) is 0 Å². The Balaban J connectivity index is 3.57. The van der Waals surface area contributed by atoms with Crippen LogP contribution >= 0.6 is 0 Å². The molecule has 0 bridgehead atoms. The molecule has 0 amide bonds. The molecule has 0 aliphatic heterocycles. The SMILES string of the molecule is CCCCCCCC[N+](C)(CC)CCCCCCCC. The van der Waals surface area contributed by atoms with Gasteiger partial charge in [0.05, 0.1) is 26.7 Å². The first kappa shape index (κ1) is 20.0. The molecule has 0 heterocycles. The van der Waals surface area contributed by atoms with Crippen LogP contribution in [0.2, 0.25) is 0 Å². The molecule has 122 valence electrons. The zero-order chi connectivity index (χ0) is 15.1. The minimum absolute atomic E-state index is 1.31. The summed E-state index contributed by atoms with van der Waals surface area (Å²) in [6.07, 6.45) is 17.1. The van der Waals surface area contributed by atoms with Gasteiger partial charge >= 0.3 is 0 Å². The molecule has 0 aromatic rings. The summed E-state index contributed by atoms with van der Waals surface area (Å²) >= 11 is 0. The summed E-state index contributed by atoms with van der Waals surface area (Å²) in [6, 6.07) is 0. The van der Waals surface area contributed by atoms with Crippen molar-refractivity contribution in [3.8, 4) is 0 Å². The molecule has 0 saturated carbocycles. The van der Waals surface area contributed by atoms with Gasteiger partial charge in [-0.3, -0.25) is 0 Å². The van der Waals surface area contributed by atoms with E-state index < -0.39 is 0 Å². The molecule has 0 aromatic heterocycles. The Morgan fingerprint density at radius 1 is 0.500 bits per heavy atom. The van der Waals surface area contributed by atoms with E-state index in [1.807, 2.05) is 0 Å². The second kappa shape index (κ2) is 13.9. The monoisotopic (exact) mass is 284 g/mol. The lowest BCUT2D eigenvalue weighted by Gasteiger charge is -2.33. The standard InChI is InChI=1S/C19H42N/c1-5-8-10-12-14-16-18-20(4,7-3)19-17-15-13-11-9-6-2/h5-19H2,1-4H3/q+1. The predicted molar refractivity (Wildman–Crippen MR) is 93.2 cm³/mol. The van der Waals surface area contributed by atoms with Crippen molar-refractivity contribution in [1.29, 1.82) is 0 Å². The van der Waals surface area contributed by atoms with Gasteiger partial charge in [-0.1, -0.05) is 65.2 Å². The highest BCUT2D eigenvalue weighted by Crippen LogP contribution is 2.13. The van der Waals surface area contributed by atoms with Crippen LogP contribution in [0.1, 0.15) is 97.8 Å². The molecule has 0 aliphatic carbocycles. The van der Waals surface area contributed by atoms with Gasteiger partial charge in [0.15, 0.2) is 0 Å². The Kier molecular flexibility index (Phi) is 13.9. The lowest BCUT2D eigenvalue weighted by molar-refractivity contribution is -0.908. The average Bonchev–Trinajstić information content (AvgIpc) is 2.46. The molecule has 1 nitrogen and oxygen atoms in total. The lowest BCUT2D eigenvalue weighted by Crippen LogP contribution is -2.45. The molecule has 0 atom stereocenters. The van der Waals surface area contributed by atoms with Crippen molar-refractivity contribution in [3.05, 3.63) is 0 Å². The summed E-state index contributed by atoms with van der Waals surface area (Å²) < 4.78 is 1.31. The van der Waals surface area contributed by atoms with Crippen LogP contribution in [0.3, 0.4) is 0 Å². The molecule has 0 rings (SSSR count). The van der Waals surface area contributed by atoms with Crippen LogP contribution in [-0.4, -0.2) is 31.2 Å². The lowest BCUT2D eigenvalue weighted by atomic mass is 10.1. The van der Waals surface area contributed by atoms with Gasteiger partial charge < -0.3 is 4.48 Å². The molecule has 0 unspecified atom stereocenters. The average molecular weight is 285 g/mol. The van der Waals surface area contributed by atoms with Crippen LogP contribution in [0.25, 0.3) is 0 Å². The third kappa shape index (κ3) is 11.8. The van der Waals surface area contributed by atoms with Crippen molar-refractivity contribution in [3.63, 3.8) is 0 Å². The van der Waals surface area contributed by atoms with Gasteiger partial charge in [-0.2, -0.15) is 0 Å². The Labute approximate surface area is 129 Å².